The van der Waals surface area contributed by atoms with Crippen molar-refractivity contribution in [1.82, 2.24) is 9.97 Å². The smallest absolute Gasteiger partial charge is 0.274 e. The SMILES string of the molecule is Cc1nc(Nc2ccc(C#N)cc2)cc(C(=O)Nc2ccc(Cl)cc2Cl)n1. The number of aryl methyl sites for hydroxylation is 1. The van der Waals surface area contributed by atoms with Gasteiger partial charge < -0.3 is 10.6 Å². The summed E-state index contributed by atoms with van der Waals surface area (Å²) in [5, 5.41) is 15.5. The molecule has 2 aromatic carbocycles. The van der Waals surface area contributed by atoms with Crippen LogP contribution in [0, 0.1) is 18.3 Å². The second-order valence-corrected chi connectivity index (χ2v) is 6.42. The van der Waals surface area contributed by atoms with Crippen molar-refractivity contribution in [2.75, 3.05) is 10.6 Å². The molecule has 0 aliphatic carbocycles. The Labute approximate surface area is 165 Å². The first-order valence-electron chi connectivity index (χ1n) is 7.84. The fraction of sp³-hybridized carbons (Fsp3) is 0.0526. The Hall–Kier alpha value is -3.14. The van der Waals surface area contributed by atoms with Crippen LogP contribution in [0.25, 0.3) is 0 Å². The molecule has 2 N–H and O–H groups in total. The molecule has 0 spiro atoms. The Balaban J connectivity index is 1.81. The molecule has 8 heteroatoms. The van der Waals surface area contributed by atoms with E-state index in [1.54, 1.807) is 49.4 Å². The zero-order valence-electron chi connectivity index (χ0n) is 14.1. The van der Waals surface area contributed by atoms with E-state index in [0.29, 0.717) is 32.9 Å². The van der Waals surface area contributed by atoms with Gasteiger partial charge in [0, 0.05) is 16.8 Å². The van der Waals surface area contributed by atoms with Crippen molar-refractivity contribution in [1.29, 1.82) is 5.26 Å². The van der Waals surface area contributed by atoms with Gasteiger partial charge in [0.15, 0.2) is 0 Å². The average molecular weight is 398 g/mol. The number of anilines is 3. The zero-order valence-corrected chi connectivity index (χ0v) is 15.6. The summed E-state index contributed by atoms with van der Waals surface area (Å²) < 4.78 is 0. The van der Waals surface area contributed by atoms with E-state index in [2.05, 4.69) is 26.7 Å². The molecule has 0 bridgehead atoms. The Morgan fingerprint density at radius 2 is 1.81 bits per heavy atom. The van der Waals surface area contributed by atoms with Gasteiger partial charge in [-0.25, -0.2) is 9.97 Å². The molecule has 1 aromatic heterocycles. The third-order valence-corrected chi connectivity index (χ3v) is 4.08. The van der Waals surface area contributed by atoms with E-state index >= 15 is 0 Å². The molecule has 134 valence electrons. The molecule has 3 rings (SSSR count). The second-order valence-electron chi connectivity index (χ2n) is 5.58. The highest BCUT2D eigenvalue weighted by Gasteiger charge is 2.13. The molecule has 0 saturated carbocycles. The molecule has 1 amide bonds. The Morgan fingerprint density at radius 1 is 1.07 bits per heavy atom. The summed E-state index contributed by atoms with van der Waals surface area (Å²) in [5.74, 6) is 0.466. The predicted molar refractivity (Wildman–Crippen MR) is 106 cm³/mol. The van der Waals surface area contributed by atoms with Crippen LogP contribution in [-0.4, -0.2) is 15.9 Å². The number of nitrogens with one attached hydrogen (secondary N) is 2. The average Bonchev–Trinajstić information content (AvgIpc) is 2.64. The third-order valence-electron chi connectivity index (χ3n) is 3.54. The molecule has 1 heterocycles. The van der Waals surface area contributed by atoms with Gasteiger partial charge in [-0.05, 0) is 49.4 Å². The fourth-order valence-electron chi connectivity index (χ4n) is 2.30. The van der Waals surface area contributed by atoms with Gasteiger partial charge >= 0.3 is 0 Å². The van der Waals surface area contributed by atoms with E-state index in [1.165, 1.54) is 6.07 Å². The summed E-state index contributed by atoms with van der Waals surface area (Å²) in [6.45, 7) is 1.69. The van der Waals surface area contributed by atoms with Crippen molar-refractivity contribution in [3.8, 4) is 6.07 Å². The molecule has 0 atom stereocenters. The lowest BCUT2D eigenvalue weighted by Crippen LogP contribution is -2.15. The third kappa shape index (κ3) is 4.73. The lowest BCUT2D eigenvalue weighted by Gasteiger charge is -2.10. The van der Waals surface area contributed by atoms with Crippen LogP contribution < -0.4 is 10.6 Å². The minimum Gasteiger partial charge on any atom is -0.340 e. The largest absolute Gasteiger partial charge is 0.340 e. The molecule has 27 heavy (non-hydrogen) atoms. The maximum absolute atomic E-state index is 12.5. The van der Waals surface area contributed by atoms with Crippen molar-refractivity contribution in [2.45, 2.75) is 6.92 Å². The number of carbonyl (C=O) groups excluding carboxylic acids is 1. The van der Waals surface area contributed by atoms with Gasteiger partial charge in [0.25, 0.3) is 5.91 Å². The number of aromatic nitrogens is 2. The van der Waals surface area contributed by atoms with Gasteiger partial charge in [-0.3, -0.25) is 4.79 Å². The molecular formula is C19H13Cl2N5O. The Kier molecular flexibility index (Phi) is 5.55. The lowest BCUT2D eigenvalue weighted by atomic mass is 10.2. The van der Waals surface area contributed by atoms with Crippen LogP contribution in [0.15, 0.2) is 48.5 Å². The number of halogens is 2. The first-order valence-corrected chi connectivity index (χ1v) is 8.59. The van der Waals surface area contributed by atoms with E-state index in [0.717, 1.165) is 5.69 Å². The molecule has 0 fully saturated rings. The van der Waals surface area contributed by atoms with Crippen molar-refractivity contribution in [2.24, 2.45) is 0 Å². The summed E-state index contributed by atoms with van der Waals surface area (Å²) >= 11 is 12.0. The molecule has 0 aliphatic rings. The highest BCUT2D eigenvalue weighted by atomic mass is 35.5. The number of nitriles is 1. The normalized spacial score (nSPS) is 10.1. The van der Waals surface area contributed by atoms with Crippen molar-refractivity contribution in [3.63, 3.8) is 0 Å². The molecule has 0 radical (unpaired) electrons. The number of carbonyl (C=O) groups is 1. The number of nitrogens with zero attached hydrogens (tertiary/aromatic N) is 3. The van der Waals surface area contributed by atoms with Gasteiger partial charge in [0.2, 0.25) is 0 Å². The van der Waals surface area contributed by atoms with Gasteiger partial charge in [-0.1, -0.05) is 23.2 Å². The van der Waals surface area contributed by atoms with E-state index in [-0.39, 0.29) is 5.69 Å². The molecule has 0 saturated heterocycles. The van der Waals surface area contributed by atoms with Crippen LogP contribution >= 0.6 is 23.2 Å². The standard InChI is InChI=1S/C19H13Cl2N5O/c1-11-23-17(19(27)26-16-7-4-13(20)8-15(16)21)9-18(24-11)25-14-5-2-12(10-22)3-6-14/h2-9H,1H3,(H,26,27)(H,23,24,25). The van der Waals surface area contributed by atoms with Crippen LogP contribution in [0.5, 0.6) is 0 Å². The van der Waals surface area contributed by atoms with Gasteiger partial charge in [-0.2, -0.15) is 5.26 Å². The molecule has 0 unspecified atom stereocenters. The van der Waals surface area contributed by atoms with Crippen LogP contribution in [0.1, 0.15) is 21.9 Å². The zero-order chi connectivity index (χ0) is 19.4. The lowest BCUT2D eigenvalue weighted by molar-refractivity contribution is 0.102. The number of benzene rings is 2. The van der Waals surface area contributed by atoms with Gasteiger partial charge in [-0.15, -0.1) is 0 Å². The monoisotopic (exact) mass is 397 g/mol. The molecule has 0 aliphatic heterocycles. The minimum absolute atomic E-state index is 0.185. The molecule has 6 nitrogen and oxygen atoms in total. The van der Waals surface area contributed by atoms with E-state index in [1.807, 2.05) is 0 Å². The summed E-state index contributed by atoms with van der Waals surface area (Å²) in [4.78, 5) is 21.0. The Bertz CT molecular complexity index is 1040. The summed E-state index contributed by atoms with van der Waals surface area (Å²) in [6, 6.07) is 15.3. The van der Waals surface area contributed by atoms with Gasteiger partial charge in [0.1, 0.15) is 17.3 Å². The van der Waals surface area contributed by atoms with Crippen LogP contribution in [0.2, 0.25) is 10.0 Å². The number of hydrogen-bond donors (Lipinski definition) is 2. The highest BCUT2D eigenvalue weighted by molar-refractivity contribution is 6.36. The number of hydrogen-bond acceptors (Lipinski definition) is 5. The Morgan fingerprint density at radius 3 is 2.48 bits per heavy atom. The number of rotatable bonds is 4. The van der Waals surface area contributed by atoms with E-state index < -0.39 is 5.91 Å². The van der Waals surface area contributed by atoms with Crippen LogP contribution in [0.3, 0.4) is 0 Å². The molecule has 3 aromatic rings. The first-order chi connectivity index (χ1) is 12.9. The van der Waals surface area contributed by atoms with Crippen molar-refractivity contribution in [3.05, 3.63) is 75.7 Å². The fourth-order valence-corrected chi connectivity index (χ4v) is 2.76. The van der Waals surface area contributed by atoms with E-state index in [9.17, 15) is 4.79 Å². The first kappa shape index (κ1) is 18.6. The highest BCUT2D eigenvalue weighted by Crippen LogP contribution is 2.26. The summed E-state index contributed by atoms with van der Waals surface area (Å²) in [7, 11) is 0. The quantitative estimate of drug-likeness (QED) is 0.648. The second kappa shape index (κ2) is 8.04. The topological polar surface area (TPSA) is 90.7 Å². The maximum Gasteiger partial charge on any atom is 0.274 e. The van der Waals surface area contributed by atoms with E-state index in [4.69, 9.17) is 28.5 Å². The van der Waals surface area contributed by atoms with Crippen molar-refractivity contribution >= 4 is 46.3 Å². The van der Waals surface area contributed by atoms with Crippen LogP contribution in [0.4, 0.5) is 17.2 Å². The minimum atomic E-state index is -0.424. The van der Waals surface area contributed by atoms with Crippen molar-refractivity contribution < 1.29 is 4.79 Å². The summed E-state index contributed by atoms with van der Waals surface area (Å²) in [5.41, 5.74) is 1.91. The molecular weight excluding hydrogens is 385 g/mol. The summed E-state index contributed by atoms with van der Waals surface area (Å²) in [6.07, 6.45) is 0. The maximum atomic E-state index is 12.5. The number of amides is 1. The predicted octanol–water partition coefficient (Wildman–Crippen LogP) is 4.96. The van der Waals surface area contributed by atoms with Gasteiger partial charge in [0.05, 0.1) is 22.3 Å². The van der Waals surface area contributed by atoms with Crippen LogP contribution in [-0.2, 0) is 0 Å².